The zero-order valence-electron chi connectivity index (χ0n) is 12.5. The lowest BCUT2D eigenvalue weighted by atomic mass is 9.99. The Bertz CT molecular complexity index is 388. The molecule has 0 aliphatic carbocycles. The topological polar surface area (TPSA) is 72.9 Å². The van der Waals surface area contributed by atoms with Gasteiger partial charge in [0.1, 0.15) is 0 Å². The molecule has 2 saturated heterocycles. The van der Waals surface area contributed by atoms with Gasteiger partial charge in [-0.05, 0) is 32.7 Å². The molecule has 0 aromatic heterocycles. The molecule has 6 nitrogen and oxygen atoms in total. The van der Waals surface area contributed by atoms with Gasteiger partial charge in [0.15, 0.2) is 0 Å². The van der Waals surface area contributed by atoms with E-state index in [1.807, 2.05) is 6.92 Å². The Hall–Kier alpha value is -1.30. The SMILES string of the molecule is CC1CN(C(=O)NC2CCN(C)C(C)C2)CC1C(=O)O. The van der Waals surface area contributed by atoms with Crippen LogP contribution in [0.5, 0.6) is 0 Å². The molecule has 2 N–H and O–H groups in total. The van der Waals surface area contributed by atoms with E-state index < -0.39 is 11.9 Å². The van der Waals surface area contributed by atoms with Crippen LogP contribution in [0.25, 0.3) is 0 Å². The van der Waals surface area contributed by atoms with Crippen LogP contribution in [0.1, 0.15) is 26.7 Å². The maximum Gasteiger partial charge on any atom is 0.317 e. The lowest BCUT2D eigenvalue weighted by molar-refractivity contribution is -0.142. The van der Waals surface area contributed by atoms with Crippen LogP contribution in [0.3, 0.4) is 0 Å². The summed E-state index contributed by atoms with van der Waals surface area (Å²) in [5, 5.41) is 12.2. The van der Waals surface area contributed by atoms with Crippen LogP contribution in [0.15, 0.2) is 0 Å². The van der Waals surface area contributed by atoms with E-state index in [9.17, 15) is 9.59 Å². The molecule has 0 radical (unpaired) electrons. The van der Waals surface area contributed by atoms with Crippen molar-refractivity contribution in [3.63, 3.8) is 0 Å². The zero-order chi connectivity index (χ0) is 14.9. The van der Waals surface area contributed by atoms with E-state index in [0.717, 1.165) is 19.4 Å². The Morgan fingerprint density at radius 2 is 1.95 bits per heavy atom. The van der Waals surface area contributed by atoms with Crippen molar-refractivity contribution in [3.8, 4) is 0 Å². The highest BCUT2D eigenvalue weighted by atomic mass is 16.4. The van der Waals surface area contributed by atoms with Crippen molar-refractivity contribution in [2.24, 2.45) is 11.8 Å². The fourth-order valence-corrected chi connectivity index (χ4v) is 3.14. The number of aliphatic carboxylic acids is 1. The third kappa shape index (κ3) is 3.23. The molecule has 0 saturated carbocycles. The number of carbonyl (C=O) groups is 2. The van der Waals surface area contributed by atoms with E-state index in [-0.39, 0.29) is 18.0 Å². The van der Waals surface area contributed by atoms with E-state index in [0.29, 0.717) is 19.1 Å². The molecule has 20 heavy (non-hydrogen) atoms. The lowest BCUT2D eigenvalue weighted by Crippen LogP contribution is -2.50. The lowest BCUT2D eigenvalue weighted by Gasteiger charge is -2.36. The molecule has 0 aromatic rings. The second kappa shape index (κ2) is 5.99. The van der Waals surface area contributed by atoms with Crippen LogP contribution >= 0.6 is 0 Å². The van der Waals surface area contributed by atoms with Crippen LogP contribution in [-0.2, 0) is 4.79 Å². The van der Waals surface area contributed by atoms with Gasteiger partial charge >= 0.3 is 12.0 Å². The van der Waals surface area contributed by atoms with Gasteiger partial charge in [-0.2, -0.15) is 0 Å². The molecular weight excluding hydrogens is 258 g/mol. The first-order chi connectivity index (χ1) is 9.38. The molecule has 2 fully saturated rings. The van der Waals surface area contributed by atoms with E-state index in [2.05, 4.69) is 24.2 Å². The number of urea groups is 1. The minimum absolute atomic E-state index is 0.0228. The standard InChI is InChI=1S/C14H25N3O3/c1-9-7-17(8-12(9)13(18)19)14(20)15-11-4-5-16(3)10(2)6-11/h9-12H,4-8H2,1-3H3,(H,15,20)(H,18,19). The zero-order valence-corrected chi connectivity index (χ0v) is 12.5. The Morgan fingerprint density at radius 1 is 1.25 bits per heavy atom. The summed E-state index contributed by atoms with van der Waals surface area (Å²) in [5.74, 6) is -1.22. The number of carboxylic acids is 1. The number of hydrogen-bond acceptors (Lipinski definition) is 3. The molecule has 114 valence electrons. The maximum atomic E-state index is 12.2. The number of likely N-dealkylation sites (tertiary alicyclic amines) is 2. The number of carbonyl (C=O) groups excluding carboxylic acids is 1. The summed E-state index contributed by atoms with van der Waals surface area (Å²) in [7, 11) is 2.10. The highest BCUT2D eigenvalue weighted by Gasteiger charge is 2.37. The van der Waals surface area contributed by atoms with Crippen molar-refractivity contribution in [3.05, 3.63) is 0 Å². The third-order valence-electron chi connectivity index (χ3n) is 4.75. The van der Waals surface area contributed by atoms with Gasteiger partial charge in [0.05, 0.1) is 5.92 Å². The van der Waals surface area contributed by atoms with Crippen LogP contribution in [-0.4, -0.2) is 65.7 Å². The molecule has 2 amide bonds. The second-order valence-electron chi connectivity index (χ2n) is 6.33. The van der Waals surface area contributed by atoms with Gasteiger partial charge in [-0.3, -0.25) is 4.79 Å². The van der Waals surface area contributed by atoms with Gasteiger partial charge in [0, 0.05) is 31.7 Å². The first-order valence-electron chi connectivity index (χ1n) is 7.37. The highest BCUT2D eigenvalue weighted by Crippen LogP contribution is 2.23. The largest absolute Gasteiger partial charge is 0.481 e. The molecule has 2 rings (SSSR count). The van der Waals surface area contributed by atoms with Crippen molar-refractivity contribution in [1.82, 2.24) is 15.1 Å². The fraction of sp³-hybridized carbons (Fsp3) is 0.857. The van der Waals surface area contributed by atoms with Crippen molar-refractivity contribution in [1.29, 1.82) is 0 Å². The van der Waals surface area contributed by atoms with Crippen LogP contribution in [0, 0.1) is 11.8 Å². The summed E-state index contributed by atoms with van der Waals surface area (Å²) in [5.41, 5.74) is 0. The quantitative estimate of drug-likeness (QED) is 0.787. The summed E-state index contributed by atoms with van der Waals surface area (Å²) in [6, 6.07) is 0.563. The monoisotopic (exact) mass is 283 g/mol. The predicted octanol–water partition coefficient (Wildman–Crippen LogP) is 0.831. The summed E-state index contributed by atoms with van der Waals surface area (Å²) < 4.78 is 0. The fourth-order valence-electron chi connectivity index (χ4n) is 3.14. The summed E-state index contributed by atoms with van der Waals surface area (Å²) in [6.07, 6.45) is 1.91. The van der Waals surface area contributed by atoms with Crippen molar-refractivity contribution in [2.75, 3.05) is 26.7 Å². The Kier molecular flexibility index (Phi) is 4.52. The van der Waals surface area contributed by atoms with E-state index in [4.69, 9.17) is 5.11 Å². The number of piperidine rings is 1. The molecule has 2 aliphatic rings. The van der Waals surface area contributed by atoms with Gasteiger partial charge in [-0.25, -0.2) is 4.79 Å². The molecule has 2 heterocycles. The number of nitrogens with one attached hydrogen (secondary N) is 1. The summed E-state index contributed by atoms with van der Waals surface area (Å²) in [6.45, 7) is 5.90. The number of amides is 2. The van der Waals surface area contributed by atoms with Crippen LogP contribution in [0.2, 0.25) is 0 Å². The number of hydrogen-bond donors (Lipinski definition) is 2. The van der Waals surface area contributed by atoms with E-state index >= 15 is 0 Å². The average Bonchev–Trinajstić information content (AvgIpc) is 2.76. The molecular formula is C14H25N3O3. The first kappa shape index (κ1) is 15.1. The molecule has 4 unspecified atom stereocenters. The molecule has 0 aromatic carbocycles. The Balaban J connectivity index is 1.85. The minimum Gasteiger partial charge on any atom is -0.481 e. The van der Waals surface area contributed by atoms with Gasteiger partial charge in [0.2, 0.25) is 0 Å². The summed E-state index contributed by atoms with van der Waals surface area (Å²) in [4.78, 5) is 27.2. The molecule has 0 spiro atoms. The highest BCUT2D eigenvalue weighted by molar-refractivity contribution is 5.77. The molecule has 0 bridgehead atoms. The number of carboxylic acid groups (broad SMARTS) is 1. The van der Waals surface area contributed by atoms with Crippen molar-refractivity contribution < 1.29 is 14.7 Å². The smallest absolute Gasteiger partial charge is 0.317 e. The average molecular weight is 283 g/mol. The normalized spacial score (nSPS) is 35.0. The molecule has 4 atom stereocenters. The van der Waals surface area contributed by atoms with Gasteiger partial charge < -0.3 is 20.2 Å². The molecule has 6 heteroatoms. The van der Waals surface area contributed by atoms with Crippen molar-refractivity contribution >= 4 is 12.0 Å². The number of nitrogens with zero attached hydrogens (tertiary/aromatic N) is 2. The second-order valence-corrected chi connectivity index (χ2v) is 6.33. The van der Waals surface area contributed by atoms with Crippen LogP contribution in [0.4, 0.5) is 4.79 Å². The molecule has 2 aliphatic heterocycles. The third-order valence-corrected chi connectivity index (χ3v) is 4.75. The van der Waals surface area contributed by atoms with Gasteiger partial charge in [-0.15, -0.1) is 0 Å². The minimum atomic E-state index is -0.805. The van der Waals surface area contributed by atoms with Crippen molar-refractivity contribution in [2.45, 2.75) is 38.8 Å². The summed E-state index contributed by atoms with van der Waals surface area (Å²) >= 11 is 0. The van der Waals surface area contributed by atoms with Gasteiger partial charge in [0.25, 0.3) is 0 Å². The van der Waals surface area contributed by atoms with E-state index in [1.165, 1.54) is 0 Å². The Morgan fingerprint density at radius 3 is 2.50 bits per heavy atom. The predicted molar refractivity (Wildman–Crippen MR) is 75.5 cm³/mol. The van der Waals surface area contributed by atoms with Gasteiger partial charge in [-0.1, -0.05) is 6.92 Å². The first-order valence-corrected chi connectivity index (χ1v) is 7.37. The number of rotatable bonds is 2. The Labute approximate surface area is 120 Å². The van der Waals surface area contributed by atoms with Crippen LogP contribution < -0.4 is 5.32 Å². The maximum absolute atomic E-state index is 12.2. The van der Waals surface area contributed by atoms with E-state index in [1.54, 1.807) is 4.90 Å².